The summed E-state index contributed by atoms with van der Waals surface area (Å²) in [5.74, 6) is 0.833. The van der Waals surface area contributed by atoms with Crippen LogP contribution in [0.25, 0.3) is 5.78 Å². The first-order chi connectivity index (χ1) is 15.0. The number of nitrogens with zero attached hydrogens (tertiary/aromatic N) is 5. The predicted molar refractivity (Wildman–Crippen MR) is 123 cm³/mol. The third-order valence-electron chi connectivity index (χ3n) is 5.94. The SMILES string of the molecule is Cc1nc2nc(SCC(=O)N3c4ccccc4CCc4ccccc43)nn2c(C)c1C. The van der Waals surface area contributed by atoms with Crippen molar-refractivity contribution in [3.05, 3.63) is 76.6 Å². The second-order valence-electron chi connectivity index (χ2n) is 7.79. The summed E-state index contributed by atoms with van der Waals surface area (Å²) < 4.78 is 1.76. The molecule has 4 aromatic rings. The maximum Gasteiger partial charge on any atom is 0.253 e. The zero-order valence-corrected chi connectivity index (χ0v) is 18.6. The van der Waals surface area contributed by atoms with Gasteiger partial charge < -0.3 is 0 Å². The van der Waals surface area contributed by atoms with Crippen molar-refractivity contribution in [3.63, 3.8) is 0 Å². The Kier molecular flexibility index (Phi) is 4.98. The first-order valence-corrected chi connectivity index (χ1v) is 11.3. The van der Waals surface area contributed by atoms with Gasteiger partial charge in [0.25, 0.3) is 5.78 Å². The Morgan fingerprint density at radius 3 is 2.19 bits per heavy atom. The lowest BCUT2D eigenvalue weighted by Gasteiger charge is -2.24. The van der Waals surface area contributed by atoms with Crippen LogP contribution in [-0.2, 0) is 17.6 Å². The van der Waals surface area contributed by atoms with Crippen molar-refractivity contribution in [2.24, 2.45) is 0 Å². The summed E-state index contributed by atoms with van der Waals surface area (Å²) in [6.45, 7) is 6.02. The summed E-state index contributed by atoms with van der Waals surface area (Å²) in [4.78, 5) is 24.4. The van der Waals surface area contributed by atoms with Gasteiger partial charge in [-0.2, -0.15) is 4.98 Å². The lowest BCUT2D eigenvalue weighted by atomic mass is 10.0. The summed E-state index contributed by atoms with van der Waals surface area (Å²) in [5.41, 5.74) is 7.37. The Balaban J connectivity index is 1.46. The molecule has 0 N–H and O–H groups in total. The number of carbonyl (C=O) groups is 1. The minimum absolute atomic E-state index is 0.0164. The van der Waals surface area contributed by atoms with E-state index in [0.717, 1.165) is 41.2 Å². The van der Waals surface area contributed by atoms with Crippen molar-refractivity contribution in [2.45, 2.75) is 38.8 Å². The molecule has 7 heteroatoms. The Labute approximate surface area is 185 Å². The molecular weight excluding hydrogens is 406 g/mol. The molecule has 3 heterocycles. The van der Waals surface area contributed by atoms with Crippen molar-refractivity contribution >= 4 is 34.8 Å². The number of para-hydroxylation sites is 2. The van der Waals surface area contributed by atoms with E-state index in [0.29, 0.717) is 10.9 Å². The minimum Gasteiger partial charge on any atom is -0.280 e. The first kappa shape index (κ1) is 19.8. The highest BCUT2D eigenvalue weighted by atomic mass is 32.2. The quantitative estimate of drug-likeness (QED) is 0.445. The number of aryl methyl sites for hydroxylation is 4. The van der Waals surface area contributed by atoms with E-state index in [1.807, 2.05) is 62.1 Å². The van der Waals surface area contributed by atoms with E-state index in [9.17, 15) is 4.79 Å². The largest absolute Gasteiger partial charge is 0.280 e. The molecule has 5 rings (SSSR count). The molecule has 31 heavy (non-hydrogen) atoms. The fourth-order valence-electron chi connectivity index (χ4n) is 4.04. The van der Waals surface area contributed by atoms with Crippen molar-refractivity contribution in [2.75, 3.05) is 10.7 Å². The molecule has 0 bridgehead atoms. The second kappa shape index (κ2) is 7.81. The maximum atomic E-state index is 13.5. The Bertz CT molecular complexity index is 1270. The smallest absolute Gasteiger partial charge is 0.253 e. The molecule has 1 aliphatic rings. The summed E-state index contributed by atoms with van der Waals surface area (Å²) in [6.07, 6.45) is 1.84. The van der Waals surface area contributed by atoms with E-state index < -0.39 is 0 Å². The van der Waals surface area contributed by atoms with Crippen LogP contribution in [0.4, 0.5) is 11.4 Å². The van der Waals surface area contributed by atoms with Crippen molar-refractivity contribution in [1.82, 2.24) is 19.6 Å². The van der Waals surface area contributed by atoms with Crippen LogP contribution in [0.15, 0.2) is 53.7 Å². The van der Waals surface area contributed by atoms with E-state index in [4.69, 9.17) is 0 Å². The van der Waals surface area contributed by atoms with Gasteiger partial charge >= 0.3 is 0 Å². The monoisotopic (exact) mass is 429 g/mol. The van der Waals surface area contributed by atoms with Crippen LogP contribution in [-0.4, -0.2) is 31.2 Å². The zero-order valence-electron chi connectivity index (χ0n) is 17.8. The molecule has 2 aromatic heterocycles. The molecule has 0 saturated carbocycles. The minimum atomic E-state index is 0.0164. The van der Waals surface area contributed by atoms with Crippen LogP contribution in [0.2, 0.25) is 0 Å². The lowest BCUT2D eigenvalue weighted by molar-refractivity contribution is -0.115. The Morgan fingerprint density at radius 1 is 0.935 bits per heavy atom. The molecule has 0 saturated heterocycles. The number of aromatic nitrogens is 4. The van der Waals surface area contributed by atoms with Crippen LogP contribution >= 0.6 is 11.8 Å². The van der Waals surface area contributed by atoms with E-state index >= 15 is 0 Å². The third-order valence-corrected chi connectivity index (χ3v) is 6.77. The molecule has 0 fully saturated rings. The van der Waals surface area contributed by atoms with Crippen LogP contribution in [0.1, 0.15) is 28.1 Å². The van der Waals surface area contributed by atoms with E-state index in [1.165, 1.54) is 22.9 Å². The molecule has 0 aliphatic carbocycles. The average Bonchev–Trinajstić information content (AvgIpc) is 3.11. The van der Waals surface area contributed by atoms with E-state index in [2.05, 4.69) is 27.2 Å². The highest BCUT2D eigenvalue weighted by Gasteiger charge is 2.26. The van der Waals surface area contributed by atoms with Crippen molar-refractivity contribution < 1.29 is 4.79 Å². The molecule has 2 aromatic carbocycles. The van der Waals surface area contributed by atoms with Crippen LogP contribution in [0.3, 0.4) is 0 Å². The first-order valence-electron chi connectivity index (χ1n) is 10.3. The van der Waals surface area contributed by atoms with Gasteiger partial charge in [-0.05, 0) is 62.4 Å². The van der Waals surface area contributed by atoms with Gasteiger partial charge in [0.1, 0.15) is 0 Å². The number of fused-ring (bicyclic) bond motifs is 3. The normalized spacial score (nSPS) is 13.1. The number of hydrogen-bond donors (Lipinski definition) is 0. The number of thioether (sulfide) groups is 1. The summed E-state index contributed by atoms with van der Waals surface area (Å²) in [6, 6.07) is 16.3. The molecule has 0 atom stereocenters. The van der Waals surface area contributed by atoms with Gasteiger partial charge in [0.15, 0.2) is 0 Å². The van der Waals surface area contributed by atoms with Crippen LogP contribution in [0.5, 0.6) is 0 Å². The van der Waals surface area contributed by atoms with Gasteiger partial charge in [-0.1, -0.05) is 48.2 Å². The standard InChI is InChI=1S/C24H23N5OS/c1-15-16(2)25-23-26-24(27-29(23)17(15)3)31-14-22(30)28-20-10-6-4-8-18(20)12-13-19-9-5-7-11-21(19)28/h4-11H,12-14H2,1-3H3. The number of carbonyl (C=O) groups excluding carboxylic acids is 1. The fourth-order valence-corrected chi connectivity index (χ4v) is 4.71. The van der Waals surface area contributed by atoms with Crippen molar-refractivity contribution in [3.8, 4) is 0 Å². The molecule has 1 aliphatic heterocycles. The molecule has 156 valence electrons. The summed E-state index contributed by atoms with van der Waals surface area (Å²) >= 11 is 1.35. The zero-order chi connectivity index (χ0) is 21.5. The fraction of sp³-hybridized carbons (Fsp3) is 0.250. The van der Waals surface area contributed by atoms with Gasteiger partial charge in [-0.3, -0.25) is 9.69 Å². The number of anilines is 2. The van der Waals surface area contributed by atoms with E-state index in [-0.39, 0.29) is 11.7 Å². The molecule has 0 spiro atoms. The molecular formula is C24H23N5OS. The number of benzene rings is 2. The third kappa shape index (κ3) is 3.49. The predicted octanol–water partition coefficient (Wildman–Crippen LogP) is 4.61. The molecule has 0 radical (unpaired) electrons. The van der Waals surface area contributed by atoms with Crippen molar-refractivity contribution in [1.29, 1.82) is 0 Å². The highest BCUT2D eigenvalue weighted by Crippen LogP contribution is 2.36. The second-order valence-corrected chi connectivity index (χ2v) is 8.73. The number of amides is 1. The Hall–Kier alpha value is -3.19. The maximum absolute atomic E-state index is 13.5. The van der Waals surface area contributed by atoms with Gasteiger partial charge in [0.2, 0.25) is 11.1 Å². The summed E-state index contributed by atoms with van der Waals surface area (Å²) in [5, 5.41) is 5.13. The van der Waals surface area contributed by atoms with Crippen LogP contribution in [0, 0.1) is 20.8 Å². The average molecular weight is 430 g/mol. The molecule has 0 unspecified atom stereocenters. The van der Waals surface area contributed by atoms with Gasteiger partial charge in [0, 0.05) is 11.4 Å². The van der Waals surface area contributed by atoms with Crippen LogP contribution < -0.4 is 4.90 Å². The van der Waals surface area contributed by atoms with Gasteiger partial charge in [-0.25, -0.2) is 9.50 Å². The van der Waals surface area contributed by atoms with E-state index in [1.54, 1.807) is 4.52 Å². The van der Waals surface area contributed by atoms with Gasteiger partial charge in [0.05, 0.1) is 17.1 Å². The summed E-state index contributed by atoms with van der Waals surface area (Å²) in [7, 11) is 0. The topological polar surface area (TPSA) is 63.4 Å². The highest BCUT2D eigenvalue weighted by molar-refractivity contribution is 7.99. The number of rotatable bonds is 3. The van der Waals surface area contributed by atoms with Gasteiger partial charge in [-0.15, -0.1) is 5.10 Å². The lowest BCUT2D eigenvalue weighted by Crippen LogP contribution is -2.28. The number of hydrogen-bond acceptors (Lipinski definition) is 5. The molecule has 6 nitrogen and oxygen atoms in total. The Morgan fingerprint density at radius 2 is 1.55 bits per heavy atom. The molecule has 1 amide bonds.